The molecule has 1 nitrogen and oxygen atoms in total. The summed E-state index contributed by atoms with van der Waals surface area (Å²) in [7, 11) is 0. The second kappa shape index (κ2) is 2.65. The second-order valence-corrected chi connectivity index (χ2v) is 2.02. The Hall–Kier alpha value is -0.820. The van der Waals surface area contributed by atoms with Crippen molar-refractivity contribution in [3.63, 3.8) is 0 Å². The Morgan fingerprint density at radius 1 is 1.33 bits per heavy atom. The summed E-state index contributed by atoms with van der Waals surface area (Å²) in [6, 6.07) is 7.33. The van der Waals surface area contributed by atoms with Gasteiger partial charge in [-0.25, -0.2) is 0 Å². The monoisotopic (exact) mass is 139 g/mol. The zero-order chi connectivity index (χ0) is 6.69. The van der Waals surface area contributed by atoms with E-state index in [2.05, 4.69) is 11.7 Å². The van der Waals surface area contributed by atoms with Gasteiger partial charge in [-0.2, -0.15) is 0 Å². The molecule has 9 heavy (non-hydrogen) atoms. The number of hydrogen-bond acceptors (Lipinski definition) is 1. The molecule has 0 saturated carbocycles. The fraction of sp³-hybridized carbons (Fsp3) is 0. The molecule has 0 bridgehead atoms. The van der Waals surface area contributed by atoms with Crippen molar-refractivity contribution >= 4 is 24.0 Å². The van der Waals surface area contributed by atoms with E-state index in [1.165, 1.54) is 0 Å². The van der Waals surface area contributed by atoms with Gasteiger partial charge in [-0.1, -0.05) is 23.7 Å². The van der Waals surface area contributed by atoms with Gasteiger partial charge in [-0.3, -0.25) is 4.99 Å². The van der Waals surface area contributed by atoms with E-state index in [9.17, 15) is 0 Å². The Balaban J connectivity index is 3.15. The smallest absolute Gasteiger partial charge is 0.0808 e. The van der Waals surface area contributed by atoms with Crippen LogP contribution in [0.4, 0.5) is 5.69 Å². The molecule has 0 heterocycles. The van der Waals surface area contributed by atoms with Gasteiger partial charge in [0.25, 0.3) is 0 Å². The van der Waals surface area contributed by atoms with E-state index >= 15 is 0 Å². The van der Waals surface area contributed by atoms with E-state index in [-0.39, 0.29) is 0 Å². The highest BCUT2D eigenvalue weighted by atomic mass is 35.5. The van der Waals surface area contributed by atoms with Gasteiger partial charge in [0.1, 0.15) is 0 Å². The zero-order valence-corrected chi connectivity index (χ0v) is 5.60. The first-order chi connectivity index (χ1) is 4.34. The predicted octanol–water partition coefficient (Wildman–Crippen LogP) is 2.67. The van der Waals surface area contributed by atoms with E-state index in [0.717, 1.165) is 5.69 Å². The van der Waals surface area contributed by atoms with Crippen LogP contribution in [0, 0.1) is 0 Å². The third kappa shape index (κ3) is 1.30. The number of halogens is 1. The van der Waals surface area contributed by atoms with Gasteiger partial charge in [0, 0.05) is 0 Å². The number of para-hydroxylation sites is 1. The summed E-state index contributed by atoms with van der Waals surface area (Å²) in [5.41, 5.74) is 0.735. The molecule has 0 N–H and O–H groups in total. The van der Waals surface area contributed by atoms with Crippen LogP contribution in [0.25, 0.3) is 0 Å². The van der Waals surface area contributed by atoms with Crippen LogP contribution in [0.2, 0.25) is 5.02 Å². The van der Waals surface area contributed by atoms with Crippen molar-refractivity contribution in [3.05, 3.63) is 29.3 Å². The largest absolute Gasteiger partial charge is 0.263 e. The lowest BCUT2D eigenvalue weighted by Crippen LogP contribution is -1.63. The average Bonchev–Trinajstić information content (AvgIpc) is 1.89. The first kappa shape index (κ1) is 6.30. The highest BCUT2D eigenvalue weighted by Gasteiger charge is 1.90. The number of benzene rings is 1. The van der Waals surface area contributed by atoms with Gasteiger partial charge >= 0.3 is 0 Å². The molecule has 0 amide bonds. The van der Waals surface area contributed by atoms with Crippen LogP contribution >= 0.6 is 11.6 Å². The first-order valence-corrected chi connectivity index (χ1v) is 2.93. The number of hydrogen-bond donors (Lipinski definition) is 0. The highest BCUT2D eigenvalue weighted by Crippen LogP contribution is 2.22. The molecule has 1 aromatic carbocycles. The minimum Gasteiger partial charge on any atom is -0.263 e. The van der Waals surface area contributed by atoms with Crippen LogP contribution in [0.15, 0.2) is 29.3 Å². The Morgan fingerprint density at radius 2 is 2.00 bits per heavy atom. The molecule has 2 heteroatoms. The van der Waals surface area contributed by atoms with Crippen LogP contribution < -0.4 is 0 Å². The van der Waals surface area contributed by atoms with Gasteiger partial charge in [0.15, 0.2) is 0 Å². The first-order valence-electron chi connectivity index (χ1n) is 2.56. The molecule has 0 unspecified atom stereocenters. The molecule has 0 saturated heterocycles. The maximum atomic E-state index is 5.69. The molecule has 0 fully saturated rings. The van der Waals surface area contributed by atoms with Gasteiger partial charge in [-0.15, -0.1) is 0 Å². The summed E-state index contributed by atoms with van der Waals surface area (Å²) >= 11 is 5.69. The highest BCUT2D eigenvalue weighted by molar-refractivity contribution is 6.33. The van der Waals surface area contributed by atoms with Crippen LogP contribution in [0.5, 0.6) is 0 Å². The fourth-order valence-corrected chi connectivity index (χ4v) is 0.775. The van der Waals surface area contributed by atoms with E-state index in [1.807, 2.05) is 18.2 Å². The van der Waals surface area contributed by atoms with E-state index in [0.29, 0.717) is 5.02 Å². The third-order valence-electron chi connectivity index (χ3n) is 1.02. The molecule has 0 aliphatic rings. The van der Waals surface area contributed by atoms with Gasteiger partial charge in [0.05, 0.1) is 10.7 Å². The minimum absolute atomic E-state index is 0.646. The topological polar surface area (TPSA) is 12.4 Å². The summed E-state index contributed by atoms with van der Waals surface area (Å²) in [6.45, 7) is 3.36. The van der Waals surface area contributed by atoms with Crippen molar-refractivity contribution in [1.29, 1.82) is 0 Å². The van der Waals surface area contributed by atoms with Crippen LogP contribution in [0.3, 0.4) is 0 Å². The van der Waals surface area contributed by atoms with Crippen LogP contribution in [0.1, 0.15) is 0 Å². The van der Waals surface area contributed by atoms with Crippen molar-refractivity contribution in [3.8, 4) is 0 Å². The van der Waals surface area contributed by atoms with Gasteiger partial charge in [0.2, 0.25) is 0 Å². The molecule has 1 aromatic rings. The molecule has 1 rings (SSSR count). The molecule has 46 valence electrons. The molecular formula is C7H6ClN. The Bertz CT molecular complexity index is 220. The standard InChI is InChI=1S/C7H6ClN/c1-9-7-5-3-2-4-6(7)8/h2-5H,1H2. The van der Waals surface area contributed by atoms with Gasteiger partial charge in [-0.05, 0) is 18.9 Å². The molecule has 0 aliphatic carbocycles. The lowest BCUT2D eigenvalue weighted by Gasteiger charge is -1.92. The van der Waals surface area contributed by atoms with E-state index < -0.39 is 0 Å². The summed E-state index contributed by atoms with van der Waals surface area (Å²) in [5, 5.41) is 0.646. The van der Waals surface area contributed by atoms with E-state index in [1.54, 1.807) is 6.07 Å². The van der Waals surface area contributed by atoms with Crippen molar-refractivity contribution in [2.45, 2.75) is 0 Å². The minimum atomic E-state index is 0.646. The fourth-order valence-electron chi connectivity index (χ4n) is 0.580. The summed E-state index contributed by atoms with van der Waals surface area (Å²) < 4.78 is 0. The Morgan fingerprint density at radius 3 is 2.44 bits per heavy atom. The number of rotatable bonds is 1. The van der Waals surface area contributed by atoms with Crippen molar-refractivity contribution in [2.75, 3.05) is 0 Å². The lowest BCUT2D eigenvalue weighted by atomic mass is 10.3. The number of nitrogens with zero attached hydrogens (tertiary/aromatic N) is 1. The molecule has 0 aliphatic heterocycles. The van der Waals surface area contributed by atoms with Crippen molar-refractivity contribution in [1.82, 2.24) is 0 Å². The number of aliphatic imine (C=N–C) groups is 1. The molecule has 0 radical (unpaired) electrons. The normalized spacial score (nSPS) is 9.00. The lowest BCUT2D eigenvalue weighted by molar-refractivity contribution is 1.55. The SMILES string of the molecule is C=Nc1ccccc1Cl. The predicted molar refractivity (Wildman–Crippen MR) is 40.7 cm³/mol. The van der Waals surface area contributed by atoms with Crippen molar-refractivity contribution in [2.24, 2.45) is 4.99 Å². The van der Waals surface area contributed by atoms with Crippen LogP contribution in [-0.2, 0) is 0 Å². The zero-order valence-electron chi connectivity index (χ0n) is 4.84. The molecule has 0 atom stereocenters. The second-order valence-electron chi connectivity index (χ2n) is 1.61. The Kier molecular flexibility index (Phi) is 1.85. The van der Waals surface area contributed by atoms with Gasteiger partial charge < -0.3 is 0 Å². The van der Waals surface area contributed by atoms with E-state index in [4.69, 9.17) is 11.6 Å². The molecule has 0 aromatic heterocycles. The van der Waals surface area contributed by atoms with Crippen LogP contribution in [-0.4, -0.2) is 6.72 Å². The van der Waals surface area contributed by atoms with Crippen molar-refractivity contribution < 1.29 is 0 Å². The molecule has 0 spiro atoms. The third-order valence-corrected chi connectivity index (χ3v) is 1.34. The maximum absolute atomic E-state index is 5.69. The quantitative estimate of drug-likeness (QED) is 0.531. The average molecular weight is 140 g/mol. The Labute approximate surface area is 59.0 Å². The summed E-state index contributed by atoms with van der Waals surface area (Å²) in [4.78, 5) is 3.69. The maximum Gasteiger partial charge on any atom is 0.0808 e. The summed E-state index contributed by atoms with van der Waals surface area (Å²) in [6.07, 6.45) is 0. The molecular weight excluding hydrogens is 134 g/mol. The summed E-state index contributed by atoms with van der Waals surface area (Å²) in [5.74, 6) is 0.